The fraction of sp³-hybridized carbons (Fsp3) is 0.647. The first-order chi connectivity index (χ1) is 9.83. The molecule has 3 nitrogen and oxygen atoms in total. The Morgan fingerprint density at radius 2 is 1.95 bits per heavy atom. The van der Waals surface area contributed by atoms with Gasteiger partial charge in [-0.05, 0) is 62.4 Å². The van der Waals surface area contributed by atoms with Gasteiger partial charge in [0, 0.05) is 0 Å². The van der Waals surface area contributed by atoms with Crippen LogP contribution in [0.2, 0.25) is 0 Å². The maximum Gasteiger partial charge on any atom is 0.161 e. The molecular formula is C17H28ClNO2. The molecule has 1 aromatic rings. The molecule has 1 aliphatic heterocycles. The van der Waals surface area contributed by atoms with Crippen molar-refractivity contribution in [2.45, 2.75) is 39.0 Å². The summed E-state index contributed by atoms with van der Waals surface area (Å²) in [7, 11) is 1.71. The highest BCUT2D eigenvalue weighted by Gasteiger charge is 2.13. The normalized spacial score (nSPS) is 15.3. The minimum atomic E-state index is 0. The summed E-state index contributed by atoms with van der Waals surface area (Å²) in [6.45, 7) is 5.28. The van der Waals surface area contributed by atoms with Crippen LogP contribution in [0.25, 0.3) is 0 Å². The topological polar surface area (TPSA) is 30.5 Å². The summed E-state index contributed by atoms with van der Waals surface area (Å²) >= 11 is 0. The van der Waals surface area contributed by atoms with Crippen molar-refractivity contribution in [3.8, 4) is 11.5 Å². The Bertz CT molecular complexity index is 406. The fourth-order valence-electron chi connectivity index (χ4n) is 2.78. The number of aryl methyl sites for hydroxylation is 1. The lowest BCUT2D eigenvalue weighted by Gasteiger charge is -2.22. The van der Waals surface area contributed by atoms with Gasteiger partial charge in [-0.1, -0.05) is 19.4 Å². The fourth-order valence-corrected chi connectivity index (χ4v) is 2.78. The number of hydrogen-bond acceptors (Lipinski definition) is 3. The summed E-state index contributed by atoms with van der Waals surface area (Å²) in [6, 6.07) is 6.29. The van der Waals surface area contributed by atoms with E-state index in [4.69, 9.17) is 9.47 Å². The highest BCUT2D eigenvalue weighted by atomic mass is 35.5. The van der Waals surface area contributed by atoms with Crippen LogP contribution in [0, 0.1) is 5.92 Å². The van der Waals surface area contributed by atoms with E-state index < -0.39 is 0 Å². The molecule has 0 atom stereocenters. The molecule has 1 aromatic carbocycles. The van der Waals surface area contributed by atoms with E-state index in [2.05, 4.69) is 24.4 Å². The van der Waals surface area contributed by atoms with E-state index >= 15 is 0 Å². The van der Waals surface area contributed by atoms with Gasteiger partial charge in [-0.25, -0.2) is 0 Å². The second-order valence-corrected chi connectivity index (χ2v) is 5.57. The quantitative estimate of drug-likeness (QED) is 0.829. The van der Waals surface area contributed by atoms with Gasteiger partial charge in [0.25, 0.3) is 0 Å². The predicted molar refractivity (Wildman–Crippen MR) is 89.9 cm³/mol. The summed E-state index contributed by atoms with van der Waals surface area (Å²) < 4.78 is 11.4. The molecule has 1 aliphatic rings. The number of ether oxygens (including phenoxy) is 2. The number of halogens is 1. The van der Waals surface area contributed by atoms with Gasteiger partial charge in [0.1, 0.15) is 0 Å². The Labute approximate surface area is 134 Å². The minimum Gasteiger partial charge on any atom is -0.493 e. The van der Waals surface area contributed by atoms with E-state index in [9.17, 15) is 0 Å². The molecule has 0 spiro atoms. The zero-order valence-corrected chi connectivity index (χ0v) is 14.0. The highest BCUT2D eigenvalue weighted by molar-refractivity contribution is 5.85. The van der Waals surface area contributed by atoms with Gasteiger partial charge in [-0.15, -0.1) is 12.4 Å². The van der Waals surface area contributed by atoms with Gasteiger partial charge >= 0.3 is 0 Å². The molecule has 4 heteroatoms. The van der Waals surface area contributed by atoms with Crippen LogP contribution < -0.4 is 14.8 Å². The van der Waals surface area contributed by atoms with Crippen molar-refractivity contribution in [3.63, 3.8) is 0 Å². The van der Waals surface area contributed by atoms with Gasteiger partial charge in [-0.2, -0.15) is 0 Å². The number of hydrogen-bond donors (Lipinski definition) is 1. The van der Waals surface area contributed by atoms with Gasteiger partial charge in [-0.3, -0.25) is 0 Å². The molecule has 0 amide bonds. The summed E-state index contributed by atoms with van der Waals surface area (Å²) in [5.74, 6) is 2.55. The van der Waals surface area contributed by atoms with Crippen LogP contribution in [0.3, 0.4) is 0 Å². The molecule has 21 heavy (non-hydrogen) atoms. The third-order valence-corrected chi connectivity index (χ3v) is 4.01. The number of rotatable bonds is 7. The van der Waals surface area contributed by atoms with Crippen LogP contribution in [0.1, 0.15) is 38.2 Å². The zero-order valence-electron chi connectivity index (χ0n) is 13.2. The molecule has 0 unspecified atom stereocenters. The average molecular weight is 314 g/mol. The van der Waals surface area contributed by atoms with Gasteiger partial charge in [0.2, 0.25) is 0 Å². The predicted octanol–water partition coefficient (Wildman–Crippen LogP) is 3.84. The van der Waals surface area contributed by atoms with E-state index in [1.807, 2.05) is 6.07 Å². The summed E-state index contributed by atoms with van der Waals surface area (Å²) in [6.07, 6.45) is 5.93. The number of methoxy groups -OCH3 is 1. The van der Waals surface area contributed by atoms with Crippen LogP contribution in [0.15, 0.2) is 18.2 Å². The van der Waals surface area contributed by atoms with Crippen molar-refractivity contribution in [1.82, 2.24) is 5.32 Å². The zero-order chi connectivity index (χ0) is 14.2. The SMILES string of the molecule is CCCc1ccc(OCCC2CCNCC2)c(OC)c1.Cl. The van der Waals surface area contributed by atoms with Crippen molar-refractivity contribution >= 4 is 12.4 Å². The van der Waals surface area contributed by atoms with Crippen molar-refractivity contribution in [2.75, 3.05) is 26.8 Å². The number of piperidine rings is 1. The minimum absolute atomic E-state index is 0. The third kappa shape index (κ3) is 5.76. The largest absolute Gasteiger partial charge is 0.493 e. The second kappa shape index (κ2) is 9.91. The van der Waals surface area contributed by atoms with Gasteiger partial charge < -0.3 is 14.8 Å². The highest BCUT2D eigenvalue weighted by Crippen LogP contribution is 2.29. The van der Waals surface area contributed by atoms with Crippen LogP contribution in [0.4, 0.5) is 0 Å². The number of nitrogens with one attached hydrogen (secondary N) is 1. The van der Waals surface area contributed by atoms with Crippen LogP contribution in [-0.2, 0) is 6.42 Å². The van der Waals surface area contributed by atoms with Crippen LogP contribution in [-0.4, -0.2) is 26.8 Å². The van der Waals surface area contributed by atoms with E-state index in [0.717, 1.165) is 56.4 Å². The number of benzene rings is 1. The first-order valence-corrected chi connectivity index (χ1v) is 7.84. The first-order valence-electron chi connectivity index (χ1n) is 7.84. The molecule has 0 aromatic heterocycles. The second-order valence-electron chi connectivity index (χ2n) is 5.57. The van der Waals surface area contributed by atoms with Crippen molar-refractivity contribution in [1.29, 1.82) is 0 Å². The van der Waals surface area contributed by atoms with E-state index in [-0.39, 0.29) is 12.4 Å². The lowest BCUT2D eigenvalue weighted by molar-refractivity contribution is 0.243. The lowest BCUT2D eigenvalue weighted by atomic mass is 9.95. The van der Waals surface area contributed by atoms with Gasteiger partial charge in [0.15, 0.2) is 11.5 Å². The third-order valence-electron chi connectivity index (χ3n) is 4.01. The molecule has 0 radical (unpaired) electrons. The maximum atomic E-state index is 5.92. The molecule has 1 fully saturated rings. The summed E-state index contributed by atoms with van der Waals surface area (Å²) in [4.78, 5) is 0. The summed E-state index contributed by atoms with van der Waals surface area (Å²) in [5, 5.41) is 3.40. The molecule has 0 aliphatic carbocycles. The molecule has 0 saturated carbocycles. The molecule has 2 rings (SSSR count). The van der Waals surface area contributed by atoms with Crippen molar-refractivity contribution < 1.29 is 9.47 Å². The van der Waals surface area contributed by atoms with E-state index in [1.54, 1.807) is 7.11 Å². The Balaban J connectivity index is 0.00000220. The Hall–Kier alpha value is -0.930. The lowest BCUT2D eigenvalue weighted by Crippen LogP contribution is -2.28. The Kier molecular flexibility index (Phi) is 8.55. The monoisotopic (exact) mass is 313 g/mol. The van der Waals surface area contributed by atoms with Gasteiger partial charge in [0.05, 0.1) is 13.7 Å². The maximum absolute atomic E-state index is 5.92. The van der Waals surface area contributed by atoms with Crippen LogP contribution >= 0.6 is 12.4 Å². The Morgan fingerprint density at radius 3 is 2.62 bits per heavy atom. The Morgan fingerprint density at radius 1 is 1.19 bits per heavy atom. The summed E-state index contributed by atoms with van der Waals surface area (Å²) in [5.41, 5.74) is 1.31. The molecule has 120 valence electrons. The standard InChI is InChI=1S/C17H27NO2.ClH/c1-3-4-15-5-6-16(17(13-15)19-2)20-12-9-14-7-10-18-11-8-14;/h5-6,13-14,18H,3-4,7-12H2,1-2H3;1H. The average Bonchev–Trinajstić information content (AvgIpc) is 2.50. The van der Waals surface area contributed by atoms with Crippen molar-refractivity contribution in [2.24, 2.45) is 5.92 Å². The molecular weight excluding hydrogens is 286 g/mol. The molecule has 1 N–H and O–H groups in total. The van der Waals surface area contributed by atoms with Crippen molar-refractivity contribution in [3.05, 3.63) is 23.8 Å². The van der Waals surface area contributed by atoms with E-state index in [1.165, 1.54) is 18.4 Å². The molecule has 0 bridgehead atoms. The molecule has 1 heterocycles. The first kappa shape index (κ1) is 18.1. The molecule has 1 saturated heterocycles. The smallest absolute Gasteiger partial charge is 0.161 e. The van der Waals surface area contributed by atoms with Crippen LogP contribution in [0.5, 0.6) is 11.5 Å². The van der Waals surface area contributed by atoms with E-state index in [0.29, 0.717) is 0 Å².